The molecular weight excluding hydrogens is 420 g/mol. The number of rotatable bonds is 3. The van der Waals surface area contributed by atoms with Gasteiger partial charge in [-0.15, -0.1) is 0 Å². The van der Waals surface area contributed by atoms with Crippen molar-refractivity contribution in [2.45, 2.75) is 51.9 Å². The molecule has 0 unspecified atom stereocenters. The molecule has 3 N–H and O–H groups in total. The number of aliphatic hydroxyl groups excluding tert-OH is 2. The highest BCUT2D eigenvalue weighted by atomic mass is 16.6. The Morgan fingerprint density at radius 2 is 1.88 bits per heavy atom. The summed E-state index contributed by atoms with van der Waals surface area (Å²) in [4.78, 5) is 27.2. The lowest BCUT2D eigenvalue weighted by atomic mass is 9.59. The quantitative estimate of drug-likeness (QED) is 0.481. The van der Waals surface area contributed by atoms with E-state index in [1.54, 1.807) is 49.4 Å². The average molecular weight is 453 g/mol. The van der Waals surface area contributed by atoms with Crippen molar-refractivity contribution in [1.82, 2.24) is 0 Å². The van der Waals surface area contributed by atoms with Crippen molar-refractivity contribution in [3.8, 4) is 0 Å². The second-order valence-electron chi connectivity index (χ2n) is 11.0. The Bertz CT molecular complexity index is 1070. The predicted octanol–water partition coefficient (Wildman–Crippen LogP) is 2.68. The van der Waals surface area contributed by atoms with Crippen LogP contribution >= 0.6 is 0 Å². The maximum absolute atomic E-state index is 14.3. The molecule has 8 atom stereocenters. The van der Waals surface area contributed by atoms with E-state index in [-0.39, 0.29) is 28.6 Å². The first-order valence-electron chi connectivity index (χ1n) is 11.7. The van der Waals surface area contributed by atoms with Crippen molar-refractivity contribution in [3.05, 3.63) is 59.2 Å². The van der Waals surface area contributed by atoms with Gasteiger partial charge < -0.3 is 20.1 Å². The van der Waals surface area contributed by atoms with E-state index in [0.717, 1.165) is 6.42 Å². The highest BCUT2D eigenvalue weighted by Crippen LogP contribution is 2.71. The summed E-state index contributed by atoms with van der Waals surface area (Å²) >= 11 is 0. The summed E-state index contributed by atoms with van der Waals surface area (Å²) in [6, 6.07) is 8.44. The summed E-state index contributed by atoms with van der Waals surface area (Å²) < 4.78 is 5.83. The van der Waals surface area contributed by atoms with Crippen molar-refractivity contribution in [2.75, 3.05) is 6.61 Å². The highest BCUT2D eigenvalue weighted by molar-refractivity contribution is 5.96. The van der Waals surface area contributed by atoms with Crippen LogP contribution in [0, 0.1) is 34.5 Å². The normalized spacial score (nSPS) is 42.8. The Balaban J connectivity index is 1.65. The Labute approximate surface area is 194 Å². The lowest BCUT2D eigenvalue weighted by molar-refractivity contribution is -0.190. The first-order valence-corrected chi connectivity index (χ1v) is 11.7. The molecule has 0 aromatic heterocycles. The lowest BCUT2D eigenvalue weighted by Gasteiger charge is -2.48. The molecule has 6 nitrogen and oxygen atoms in total. The van der Waals surface area contributed by atoms with Gasteiger partial charge in [0.2, 0.25) is 0 Å². The van der Waals surface area contributed by atoms with Gasteiger partial charge in [-0.3, -0.25) is 4.79 Å². The van der Waals surface area contributed by atoms with Gasteiger partial charge in [0.05, 0.1) is 17.6 Å². The minimum atomic E-state index is -2.11. The van der Waals surface area contributed by atoms with Gasteiger partial charge in [-0.1, -0.05) is 51.1 Å². The van der Waals surface area contributed by atoms with Crippen LogP contribution in [-0.2, 0) is 9.53 Å². The molecule has 5 rings (SSSR count). The average Bonchev–Trinajstić information content (AvgIpc) is 3.28. The van der Waals surface area contributed by atoms with Crippen LogP contribution in [0.25, 0.3) is 0 Å². The Morgan fingerprint density at radius 1 is 1.21 bits per heavy atom. The molecule has 0 aliphatic heterocycles. The fraction of sp³-hybridized carbons (Fsp3) is 0.556. The van der Waals surface area contributed by atoms with Crippen molar-refractivity contribution in [1.29, 1.82) is 0 Å². The smallest absolute Gasteiger partial charge is 0.338 e. The number of ether oxygens (including phenoxy) is 1. The van der Waals surface area contributed by atoms with Crippen molar-refractivity contribution in [2.24, 2.45) is 34.5 Å². The molecule has 4 aliphatic rings. The van der Waals surface area contributed by atoms with Crippen molar-refractivity contribution < 1.29 is 29.6 Å². The predicted molar refractivity (Wildman–Crippen MR) is 121 cm³/mol. The van der Waals surface area contributed by atoms with Crippen LogP contribution < -0.4 is 0 Å². The molecule has 6 heteroatoms. The number of carbonyl (C=O) groups is 2. The monoisotopic (exact) mass is 452 g/mol. The van der Waals surface area contributed by atoms with Gasteiger partial charge >= 0.3 is 5.97 Å². The van der Waals surface area contributed by atoms with Crippen LogP contribution in [0.15, 0.2) is 53.6 Å². The zero-order valence-corrected chi connectivity index (χ0v) is 19.5. The Hall–Kier alpha value is -2.28. The Kier molecular flexibility index (Phi) is 4.85. The summed E-state index contributed by atoms with van der Waals surface area (Å²) in [6.07, 6.45) is 1.36. The Morgan fingerprint density at radius 3 is 2.52 bits per heavy atom. The first-order chi connectivity index (χ1) is 15.5. The zero-order chi connectivity index (χ0) is 23.9. The van der Waals surface area contributed by atoms with Crippen LogP contribution in [-0.4, -0.2) is 51.5 Å². The number of carbonyl (C=O) groups excluding carboxylic acids is 2. The second-order valence-corrected chi connectivity index (χ2v) is 11.0. The molecule has 0 amide bonds. The summed E-state index contributed by atoms with van der Waals surface area (Å²) in [5.41, 5.74) is -2.50. The van der Waals surface area contributed by atoms with Gasteiger partial charge in [0.25, 0.3) is 0 Å². The fourth-order valence-electron chi connectivity index (χ4n) is 7.34. The molecule has 0 heterocycles. The number of fused-ring (bicyclic) bond motifs is 3. The van der Waals surface area contributed by atoms with E-state index in [2.05, 4.69) is 13.8 Å². The van der Waals surface area contributed by atoms with Crippen molar-refractivity contribution >= 4 is 11.8 Å². The third-order valence-electron chi connectivity index (χ3n) is 9.13. The number of benzene rings is 1. The molecule has 2 fully saturated rings. The van der Waals surface area contributed by atoms with Crippen LogP contribution in [0.4, 0.5) is 0 Å². The van der Waals surface area contributed by atoms with Crippen LogP contribution in [0.1, 0.15) is 44.5 Å². The van der Waals surface area contributed by atoms with E-state index >= 15 is 0 Å². The second kappa shape index (κ2) is 7.11. The third-order valence-corrected chi connectivity index (χ3v) is 9.13. The molecule has 0 radical (unpaired) electrons. The molecule has 0 saturated heterocycles. The van der Waals surface area contributed by atoms with Gasteiger partial charge in [-0.25, -0.2) is 4.79 Å². The molecule has 1 aromatic carbocycles. The van der Waals surface area contributed by atoms with Crippen LogP contribution in [0.3, 0.4) is 0 Å². The fourth-order valence-corrected chi connectivity index (χ4v) is 7.34. The maximum Gasteiger partial charge on any atom is 0.338 e. The van der Waals surface area contributed by atoms with Crippen LogP contribution in [0.2, 0.25) is 0 Å². The SMILES string of the molecule is CC1=C[C@@]23C(=O)[C@@H](C=C(CO)[C@@H](O)[C@]2(O)[C@H]1OC(=O)c1ccccc1)[C@H]1[C@@H](C[C@H]3C)C1(C)C. The van der Waals surface area contributed by atoms with E-state index < -0.39 is 41.7 Å². The molecule has 1 spiro atoms. The largest absolute Gasteiger partial charge is 0.451 e. The summed E-state index contributed by atoms with van der Waals surface area (Å²) in [6.45, 7) is 7.48. The minimum Gasteiger partial charge on any atom is -0.451 e. The van der Waals surface area contributed by atoms with E-state index in [0.29, 0.717) is 17.1 Å². The summed E-state index contributed by atoms with van der Waals surface area (Å²) in [5, 5.41) is 34.0. The molecular formula is C27H32O6. The molecule has 2 bridgehead atoms. The molecule has 1 aromatic rings. The number of aliphatic hydroxyl groups is 3. The van der Waals surface area contributed by atoms with Crippen molar-refractivity contribution in [3.63, 3.8) is 0 Å². The van der Waals surface area contributed by atoms with E-state index in [9.17, 15) is 24.9 Å². The standard InChI is InChI=1S/C27H32O6/c1-14-12-26-15(2)10-19-20(25(19,3)4)18(22(26)30)11-17(13-28)21(29)27(26,32)23(14)33-24(31)16-8-6-5-7-9-16/h5-9,11-12,15,18-21,23,28-29,32H,10,13H2,1-4H3/t15-,18+,19-,20+,21-,23+,26-,27+/m1/s1. The zero-order valence-electron chi connectivity index (χ0n) is 19.5. The number of Topliss-reactive ketones (excluding diaryl/α,β-unsaturated/α-hetero) is 1. The third kappa shape index (κ3) is 2.71. The lowest BCUT2D eigenvalue weighted by Crippen LogP contribution is -2.65. The number of esters is 1. The van der Waals surface area contributed by atoms with Gasteiger partial charge in [-0.2, -0.15) is 0 Å². The molecule has 4 aliphatic carbocycles. The number of ketones is 1. The maximum atomic E-state index is 14.3. The number of hydrogen-bond donors (Lipinski definition) is 3. The van der Waals surface area contributed by atoms with E-state index in [4.69, 9.17) is 4.74 Å². The number of hydrogen-bond acceptors (Lipinski definition) is 6. The van der Waals surface area contributed by atoms with Gasteiger partial charge in [0.15, 0.2) is 17.5 Å². The van der Waals surface area contributed by atoms with Crippen LogP contribution in [0.5, 0.6) is 0 Å². The highest BCUT2D eigenvalue weighted by Gasteiger charge is 2.76. The first kappa shape index (κ1) is 22.5. The molecule has 2 saturated carbocycles. The van der Waals surface area contributed by atoms with E-state index in [1.165, 1.54) is 0 Å². The van der Waals surface area contributed by atoms with Gasteiger partial charge in [0.1, 0.15) is 6.10 Å². The molecule has 33 heavy (non-hydrogen) atoms. The topological polar surface area (TPSA) is 104 Å². The van der Waals surface area contributed by atoms with Gasteiger partial charge in [-0.05, 0) is 59.8 Å². The summed E-state index contributed by atoms with van der Waals surface area (Å²) in [7, 11) is 0. The summed E-state index contributed by atoms with van der Waals surface area (Å²) in [5.74, 6) is -1.22. The van der Waals surface area contributed by atoms with E-state index in [1.807, 2.05) is 6.92 Å². The minimum absolute atomic E-state index is 0.0305. The molecule has 176 valence electrons. The van der Waals surface area contributed by atoms with Gasteiger partial charge in [0, 0.05) is 5.92 Å². The number of allylic oxidation sites excluding steroid dienone is 1.